The second-order valence-electron chi connectivity index (χ2n) is 6.12. The summed E-state index contributed by atoms with van der Waals surface area (Å²) in [7, 11) is 1.56. The van der Waals surface area contributed by atoms with Crippen LogP contribution in [-0.4, -0.2) is 59.9 Å². The van der Waals surface area contributed by atoms with Crippen molar-refractivity contribution in [1.82, 2.24) is 15.2 Å². The maximum atomic E-state index is 12.3. The lowest BCUT2D eigenvalue weighted by Crippen LogP contribution is -2.45. The molecule has 2 fully saturated rings. The molecule has 0 bridgehead atoms. The van der Waals surface area contributed by atoms with Gasteiger partial charge >= 0.3 is 6.09 Å². The van der Waals surface area contributed by atoms with Crippen LogP contribution in [0.15, 0.2) is 18.5 Å². The topological polar surface area (TPSA) is 101 Å². The second-order valence-corrected chi connectivity index (χ2v) is 6.12. The molecule has 1 aromatic heterocycles. The van der Waals surface area contributed by atoms with E-state index in [1.165, 1.54) is 4.90 Å². The maximum Gasteiger partial charge on any atom is 0.410 e. The van der Waals surface area contributed by atoms with E-state index in [0.29, 0.717) is 31.7 Å². The fourth-order valence-corrected chi connectivity index (χ4v) is 3.05. The van der Waals surface area contributed by atoms with E-state index in [1.54, 1.807) is 19.5 Å². The summed E-state index contributed by atoms with van der Waals surface area (Å²) < 4.78 is 10.0. The smallest absolute Gasteiger partial charge is 0.410 e. The minimum absolute atomic E-state index is 0.0397. The molecule has 24 heavy (non-hydrogen) atoms. The lowest BCUT2D eigenvalue weighted by Gasteiger charge is -2.38. The van der Waals surface area contributed by atoms with Crippen LogP contribution >= 0.6 is 0 Å². The predicted octanol–water partition coefficient (Wildman–Crippen LogP) is 0.471. The molecule has 2 aliphatic rings. The molecule has 0 unspecified atom stereocenters. The third kappa shape index (κ3) is 3.59. The number of nitrogens with one attached hydrogen (secondary N) is 1. The molecular weight excluding hydrogens is 314 g/mol. The molecule has 0 spiro atoms. The molecule has 1 aromatic rings. The summed E-state index contributed by atoms with van der Waals surface area (Å²) in [6, 6.07) is 1.55. The Bertz CT molecular complexity index is 617. The average molecular weight is 335 g/mol. The SMILES string of the molecule is COc1cncc([C@H](NC(=O)CN2CCOC2=O)C2CC(O)C2)c1. The molecule has 0 radical (unpaired) electrons. The Morgan fingerprint density at radius 3 is 2.96 bits per heavy atom. The number of pyridine rings is 1. The van der Waals surface area contributed by atoms with Gasteiger partial charge in [0.25, 0.3) is 0 Å². The summed E-state index contributed by atoms with van der Waals surface area (Å²) in [5.74, 6) is 0.473. The third-order valence-corrected chi connectivity index (χ3v) is 4.45. The normalized spacial score (nSPS) is 24.1. The van der Waals surface area contributed by atoms with Gasteiger partial charge in [-0.2, -0.15) is 0 Å². The largest absolute Gasteiger partial charge is 0.495 e. The number of amides is 2. The number of carbonyl (C=O) groups excluding carboxylic acids is 2. The lowest BCUT2D eigenvalue weighted by atomic mass is 9.75. The highest BCUT2D eigenvalue weighted by atomic mass is 16.6. The van der Waals surface area contributed by atoms with Crippen LogP contribution in [0, 0.1) is 5.92 Å². The molecule has 1 aliphatic carbocycles. The van der Waals surface area contributed by atoms with E-state index in [0.717, 1.165) is 5.56 Å². The van der Waals surface area contributed by atoms with Crippen LogP contribution in [0.25, 0.3) is 0 Å². The molecule has 0 aromatic carbocycles. The van der Waals surface area contributed by atoms with Crippen LogP contribution < -0.4 is 10.1 Å². The highest BCUT2D eigenvalue weighted by Gasteiger charge is 2.36. The van der Waals surface area contributed by atoms with Gasteiger partial charge in [0, 0.05) is 6.20 Å². The molecule has 2 heterocycles. The van der Waals surface area contributed by atoms with Crippen LogP contribution in [0.1, 0.15) is 24.4 Å². The molecule has 3 rings (SSSR count). The molecular formula is C16H21N3O5. The van der Waals surface area contributed by atoms with E-state index in [9.17, 15) is 14.7 Å². The van der Waals surface area contributed by atoms with Gasteiger partial charge in [0.1, 0.15) is 18.9 Å². The van der Waals surface area contributed by atoms with E-state index < -0.39 is 6.09 Å². The van der Waals surface area contributed by atoms with Crippen LogP contribution in [0.2, 0.25) is 0 Å². The van der Waals surface area contributed by atoms with E-state index in [4.69, 9.17) is 9.47 Å². The van der Waals surface area contributed by atoms with Crippen molar-refractivity contribution in [2.45, 2.75) is 25.0 Å². The monoisotopic (exact) mass is 335 g/mol. The van der Waals surface area contributed by atoms with E-state index in [2.05, 4.69) is 10.3 Å². The Morgan fingerprint density at radius 1 is 1.54 bits per heavy atom. The van der Waals surface area contributed by atoms with Gasteiger partial charge in [-0.25, -0.2) is 4.79 Å². The van der Waals surface area contributed by atoms with Gasteiger partial charge in [0.05, 0.1) is 32.0 Å². The minimum atomic E-state index is -0.469. The summed E-state index contributed by atoms with van der Waals surface area (Å²) in [5.41, 5.74) is 0.823. The summed E-state index contributed by atoms with van der Waals surface area (Å²) in [6.07, 6.45) is 3.72. The number of nitrogens with zero attached hydrogens (tertiary/aromatic N) is 2. The number of ether oxygens (including phenoxy) is 2. The number of aliphatic hydroxyl groups is 1. The Morgan fingerprint density at radius 2 is 2.33 bits per heavy atom. The van der Waals surface area contributed by atoms with Crippen LogP contribution in [0.3, 0.4) is 0 Å². The summed E-state index contributed by atoms with van der Waals surface area (Å²) >= 11 is 0. The second kappa shape index (κ2) is 7.04. The van der Waals surface area contributed by atoms with Gasteiger partial charge in [-0.05, 0) is 30.4 Å². The molecule has 1 atom stereocenters. The first-order chi connectivity index (χ1) is 11.6. The Labute approximate surface area is 139 Å². The maximum absolute atomic E-state index is 12.3. The van der Waals surface area contributed by atoms with Gasteiger partial charge in [-0.1, -0.05) is 0 Å². The first-order valence-electron chi connectivity index (χ1n) is 7.95. The summed E-state index contributed by atoms with van der Waals surface area (Å²) in [5, 5.41) is 12.6. The number of carbonyl (C=O) groups is 2. The molecule has 130 valence electrons. The first-order valence-corrected chi connectivity index (χ1v) is 7.95. The fourth-order valence-electron chi connectivity index (χ4n) is 3.05. The fraction of sp³-hybridized carbons (Fsp3) is 0.562. The molecule has 2 N–H and O–H groups in total. The molecule has 1 saturated heterocycles. The first kappa shape index (κ1) is 16.5. The van der Waals surface area contributed by atoms with Crippen molar-refractivity contribution in [1.29, 1.82) is 0 Å². The number of aliphatic hydroxyl groups excluding tert-OH is 1. The summed E-state index contributed by atoms with van der Waals surface area (Å²) in [4.78, 5) is 29.3. The molecule has 1 saturated carbocycles. The highest BCUT2D eigenvalue weighted by Crippen LogP contribution is 2.38. The van der Waals surface area contributed by atoms with E-state index >= 15 is 0 Å². The van der Waals surface area contributed by atoms with Crippen molar-refractivity contribution in [3.8, 4) is 5.75 Å². The zero-order valence-corrected chi connectivity index (χ0v) is 13.5. The number of cyclic esters (lactones) is 1. The minimum Gasteiger partial charge on any atom is -0.495 e. The third-order valence-electron chi connectivity index (χ3n) is 4.45. The van der Waals surface area contributed by atoms with Gasteiger partial charge in [-0.15, -0.1) is 0 Å². The zero-order chi connectivity index (χ0) is 17.1. The van der Waals surface area contributed by atoms with Gasteiger partial charge < -0.3 is 19.9 Å². The molecule has 1 aliphatic heterocycles. The van der Waals surface area contributed by atoms with E-state index in [-0.39, 0.29) is 30.5 Å². The number of rotatable bonds is 6. The van der Waals surface area contributed by atoms with Gasteiger partial charge in [0.2, 0.25) is 5.91 Å². The van der Waals surface area contributed by atoms with Crippen LogP contribution in [0.5, 0.6) is 5.75 Å². The highest BCUT2D eigenvalue weighted by molar-refractivity contribution is 5.83. The van der Waals surface area contributed by atoms with Crippen molar-refractivity contribution < 1.29 is 24.2 Å². The Hall–Kier alpha value is -2.35. The Balaban J connectivity index is 1.70. The van der Waals surface area contributed by atoms with E-state index in [1.807, 2.05) is 6.07 Å². The van der Waals surface area contributed by atoms with Crippen molar-refractivity contribution in [3.63, 3.8) is 0 Å². The number of hydrogen-bond acceptors (Lipinski definition) is 6. The Kier molecular flexibility index (Phi) is 4.84. The average Bonchev–Trinajstić information content (AvgIpc) is 2.95. The van der Waals surface area contributed by atoms with Gasteiger partial charge in [0.15, 0.2) is 0 Å². The molecule has 8 nitrogen and oxygen atoms in total. The number of hydrogen-bond donors (Lipinski definition) is 2. The quantitative estimate of drug-likeness (QED) is 0.784. The standard InChI is InChI=1S/C16H21N3O5/c1-23-13-6-11(7-17-8-13)15(10-4-12(20)5-10)18-14(21)9-19-2-3-24-16(19)22/h6-8,10,12,15,20H,2-5,9H2,1H3,(H,18,21)/t10?,12?,15-/m1/s1. The van der Waals surface area contributed by atoms with Crippen molar-refractivity contribution in [2.75, 3.05) is 26.8 Å². The summed E-state index contributed by atoms with van der Waals surface area (Å²) in [6.45, 7) is 0.686. The van der Waals surface area contributed by atoms with Crippen LogP contribution in [-0.2, 0) is 9.53 Å². The van der Waals surface area contributed by atoms with Crippen molar-refractivity contribution >= 4 is 12.0 Å². The van der Waals surface area contributed by atoms with Gasteiger partial charge in [-0.3, -0.25) is 14.7 Å². The number of aromatic nitrogens is 1. The van der Waals surface area contributed by atoms with Crippen molar-refractivity contribution in [2.24, 2.45) is 5.92 Å². The van der Waals surface area contributed by atoms with Crippen molar-refractivity contribution in [3.05, 3.63) is 24.0 Å². The van der Waals surface area contributed by atoms with Crippen LogP contribution in [0.4, 0.5) is 4.79 Å². The predicted molar refractivity (Wildman–Crippen MR) is 83.3 cm³/mol. The number of methoxy groups -OCH3 is 1. The molecule has 2 amide bonds. The lowest BCUT2D eigenvalue weighted by molar-refractivity contribution is -0.123. The molecule has 8 heteroatoms. The zero-order valence-electron chi connectivity index (χ0n) is 13.5.